The third-order valence-electron chi connectivity index (χ3n) is 2.90. The van der Waals surface area contributed by atoms with Crippen molar-refractivity contribution in [2.45, 2.75) is 13.3 Å². The Kier molecular flexibility index (Phi) is 5.52. The Hall–Kier alpha value is -1.66. The van der Waals surface area contributed by atoms with Gasteiger partial charge in [0.25, 0.3) is 5.91 Å². The minimum Gasteiger partial charge on any atom is -0.493 e. The molecule has 0 saturated heterocycles. The summed E-state index contributed by atoms with van der Waals surface area (Å²) in [5.41, 5.74) is 0.673. The highest BCUT2D eigenvalue weighted by Crippen LogP contribution is 2.17. The van der Waals surface area contributed by atoms with Crippen LogP contribution < -0.4 is 4.74 Å². The van der Waals surface area contributed by atoms with E-state index in [4.69, 9.17) is 16.3 Å². The second kappa shape index (κ2) is 7.38. The van der Waals surface area contributed by atoms with Gasteiger partial charge < -0.3 is 9.64 Å². The molecule has 1 amide bonds. The number of hydrogen-bond acceptors (Lipinski definition) is 5. The Morgan fingerprint density at radius 3 is 2.95 bits per heavy atom. The van der Waals surface area contributed by atoms with Gasteiger partial charge in [0.2, 0.25) is 0 Å². The lowest BCUT2D eigenvalue weighted by molar-refractivity contribution is 0.0791. The van der Waals surface area contributed by atoms with E-state index in [9.17, 15) is 4.79 Å². The van der Waals surface area contributed by atoms with E-state index in [1.54, 1.807) is 31.0 Å². The van der Waals surface area contributed by atoms with E-state index >= 15 is 0 Å². The molecule has 0 bridgehead atoms. The van der Waals surface area contributed by atoms with Crippen LogP contribution in [0.3, 0.4) is 0 Å². The second-order valence-corrected chi connectivity index (χ2v) is 5.76. The highest BCUT2D eigenvalue weighted by atomic mass is 35.5. The normalized spacial score (nSPS) is 10.4. The number of ether oxygens (including phenoxy) is 1. The van der Waals surface area contributed by atoms with Crippen LogP contribution in [0.2, 0.25) is 5.02 Å². The van der Waals surface area contributed by atoms with Crippen molar-refractivity contribution >= 4 is 29.0 Å². The predicted molar refractivity (Wildman–Crippen MR) is 83.2 cm³/mol. The number of benzene rings is 1. The number of rotatable bonds is 6. The molecule has 0 aliphatic carbocycles. The maximum Gasteiger partial charge on any atom is 0.267 e. The molecule has 1 aromatic heterocycles. The van der Waals surface area contributed by atoms with E-state index in [0.29, 0.717) is 28.7 Å². The zero-order valence-electron chi connectivity index (χ0n) is 11.9. The average Bonchev–Trinajstić information content (AvgIpc) is 2.89. The Balaban J connectivity index is 1.76. The number of carbonyl (C=O) groups is 1. The molecule has 1 heterocycles. The van der Waals surface area contributed by atoms with Crippen molar-refractivity contribution in [3.63, 3.8) is 0 Å². The van der Waals surface area contributed by atoms with Crippen LogP contribution in [-0.2, 0) is 0 Å². The van der Waals surface area contributed by atoms with Crippen LogP contribution in [0.15, 0.2) is 24.3 Å². The Bertz CT molecular complexity index is 618. The van der Waals surface area contributed by atoms with Crippen LogP contribution in [0.1, 0.15) is 21.8 Å². The number of aryl methyl sites for hydroxylation is 1. The Morgan fingerprint density at radius 1 is 1.48 bits per heavy atom. The monoisotopic (exact) mass is 325 g/mol. The van der Waals surface area contributed by atoms with Gasteiger partial charge in [-0.05, 0) is 43.1 Å². The number of amides is 1. The van der Waals surface area contributed by atoms with Gasteiger partial charge in [-0.15, -0.1) is 5.10 Å². The van der Waals surface area contributed by atoms with Crippen LogP contribution >= 0.6 is 23.1 Å². The molecule has 0 unspecified atom stereocenters. The maximum absolute atomic E-state index is 12.1. The van der Waals surface area contributed by atoms with Gasteiger partial charge in [0.05, 0.1) is 12.3 Å². The Morgan fingerprint density at radius 2 is 2.29 bits per heavy atom. The Labute approximate surface area is 132 Å². The van der Waals surface area contributed by atoms with Gasteiger partial charge >= 0.3 is 0 Å². The molecule has 21 heavy (non-hydrogen) atoms. The molecule has 0 fully saturated rings. The highest BCUT2D eigenvalue weighted by molar-refractivity contribution is 7.07. The summed E-state index contributed by atoms with van der Waals surface area (Å²) in [5.74, 6) is 0.684. The van der Waals surface area contributed by atoms with E-state index in [-0.39, 0.29) is 5.91 Å². The quantitative estimate of drug-likeness (QED) is 0.766. The maximum atomic E-state index is 12.1. The molecule has 1 aromatic carbocycles. The molecule has 0 atom stereocenters. The van der Waals surface area contributed by atoms with Crippen LogP contribution in [0.4, 0.5) is 0 Å². The summed E-state index contributed by atoms with van der Waals surface area (Å²) in [6, 6.07) is 7.26. The molecular weight excluding hydrogens is 310 g/mol. The highest BCUT2D eigenvalue weighted by Gasteiger charge is 2.17. The predicted octanol–water partition coefficient (Wildman–Crippen LogP) is 3.04. The molecular formula is C14H16ClN3O2S. The number of hydrogen-bond donors (Lipinski definition) is 0. The first-order chi connectivity index (χ1) is 10.1. The first-order valence-corrected chi connectivity index (χ1v) is 7.66. The van der Waals surface area contributed by atoms with E-state index in [1.807, 2.05) is 12.1 Å². The third-order valence-corrected chi connectivity index (χ3v) is 3.95. The van der Waals surface area contributed by atoms with Crippen molar-refractivity contribution in [1.29, 1.82) is 0 Å². The molecule has 0 saturated carbocycles. The van der Waals surface area contributed by atoms with Gasteiger partial charge in [-0.25, -0.2) is 0 Å². The van der Waals surface area contributed by atoms with Crippen molar-refractivity contribution in [2.75, 3.05) is 20.2 Å². The minimum absolute atomic E-state index is 0.0507. The number of nitrogens with zero attached hydrogens (tertiary/aromatic N) is 3. The lowest BCUT2D eigenvalue weighted by Gasteiger charge is -2.16. The zero-order chi connectivity index (χ0) is 15.2. The van der Waals surface area contributed by atoms with Crippen molar-refractivity contribution in [1.82, 2.24) is 14.5 Å². The number of carbonyl (C=O) groups excluding carboxylic acids is 1. The van der Waals surface area contributed by atoms with Gasteiger partial charge in [0.1, 0.15) is 10.6 Å². The average molecular weight is 326 g/mol. The molecule has 0 spiro atoms. The summed E-state index contributed by atoms with van der Waals surface area (Å²) in [4.78, 5) is 14.4. The van der Waals surface area contributed by atoms with E-state index in [1.165, 1.54) is 0 Å². The molecule has 0 N–H and O–H groups in total. The molecule has 112 valence electrons. The number of aromatic nitrogens is 2. The smallest absolute Gasteiger partial charge is 0.267 e. The molecule has 0 aliphatic heterocycles. The van der Waals surface area contributed by atoms with E-state index in [2.05, 4.69) is 9.59 Å². The first kappa shape index (κ1) is 15.7. The molecule has 7 heteroatoms. The summed E-state index contributed by atoms with van der Waals surface area (Å²) in [6.45, 7) is 2.92. The summed E-state index contributed by atoms with van der Waals surface area (Å²) >= 11 is 7.00. The number of halogens is 1. The lowest BCUT2D eigenvalue weighted by Crippen LogP contribution is -2.28. The molecule has 2 rings (SSSR count). The molecule has 2 aromatic rings. The summed E-state index contributed by atoms with van der Waals surface area (Å²) in [5, 5.41) is 4.49. The summed E-state index contributed by atoms with van der Waals surface area (Å²) < 4.78 is 9.36. The van der Waals surface area contributed by atoms with E-state index in [0.717, 1.165) is 23.7 Å². The lowest BCUT2D eigenvalue weighted by atomic mass is 10.3. The minimum atomic E-state index is -0.0507. The van der Waals surface area contributed by atoms with Gasteiger partial charge in [-0.3, -0.25) is 4.79 Å². The van der Waals surface area contributed by atoms with Crippen LogP contribution in [0.25, 0.3) is 0 Å². The fourth-order valence-electron chi connectivity index (χ4n) is 1.75. The van der Waals surface area contributed by atoms with Crippen molar-refractivity contribution < 1.29 is 9.53 Å². The third kappa shape index (κ3) is 4.41. The molecule has 0 radical (unpaired) electrons. The zero-order valence-corrected chi connectivity index (χ0v) is 13.4. The van der Waals surface area contributed by atoms with E-state index < -0.39 is 0 Å². The standard InChI is InChI=1S/C14H16ClN3O2S/c1-10-13(21-17-16-10)14(19)18(2)7-4-8-20-12-6-3-5-11(15)9-12/h3,5-6,9H,4,7-8H2,1-2H3. The molecule has 0 aliphatic rings. The van der Waals surface area contributed by atoms with Gasteiger partial charge in [-0.2, -0.15) is 0 Å². The van der Waals surface area contributed by atoms with Crippen molar-refractivity contribution in [2.24, 2.45) is 0 Å². The van der Waals surface area contributed by atoms with Crippen LogP contribution in [0.5, 0.6) is 5.75 Å². The summed E-state index contributed by atoms with van der Waals surface area (Å²) in [6.07, 6.45) is 0.736. The fourth-order valence-corrected chi connectivity index (χ4v) is 2.58. The van der Waals surface area contributed by atoms with Gasteiger partial charge in [0, 0.05) is 18.6 Å². The largest absolute Gasteiger partial charge is 0.493 e. The van der Waals surface area contributed by atoms with Gasteiger partial charge in [-0.1, -0.05) is 22.2 Å². The van der Waals surface area contributed by atoms with Crippen molar-refractivity contribution in [3.05, 3.63) is 39.9 Å². The first-order valence-electron chi connectivity index (χ1n) is 6.50. The molecule has 5 nitrogen and oxygen atoms in total. The SMILES string of the molecule is Cc1nnsc1C(=O)N(C)CCCOc1cccc(Cl)c1. The fraction of sp³-hybridized carbons (Fsp3) is 0.357. The topological polar surface area (TPSA) is 55.3 Å². The van der Waals surface area contributed by atoms with Crippen molar-refractivity contribution in [3.8, 4) is 5.75 Å². The van der Waals surface area contributed by atoms with Crippen LogP contribution in [0, 0.1) is 6.92 Å². The van der Waals surface area contributed by atoms with Crippen LogP contribution in [-0.4, -0.2) is 40.6 Å². The van der Waals surface area contributed by atoms with Gasteiger partial charge in [0.15, 0.2) is 0 Å². The second-order valence-electron chi connectivity index (χ2n) is 4.57. The summed E-state index contributed by atoms with van der Waals surface area (Å²) in [7, 11) is 1.76.